The van der Waals surface area contributed by atoms with Crippen molar-refractivity contribution in [2.45, 2.75) is 87.9 Å². The highest BCUT2D eigenvalue weighted by molar-refractivity contribution is 7.89. The molecule has 1 aromatic carbocycles. The van der Waals surface area contributed by atoms with Gasteiger partial charge in [-0.1, -0.05) is 6.42 Å². The van der Waals surface area contributed by atoms with E-state index in [2.05, 4.69) is 14.9 Å². The van der Waals surface area contributed by atoms with Crippen LogP contribution in [0.4, 0.5) is 5.95 Å². The lowest BCUT2D eigenvalue weighted by Crippen LogP contribution is -2.47. The number of benzene rings is 1. The van der Waals surface area contributed by atoms with Crippen LogP contribution in [0.15, 0.2) is 53.8 Å². The second-order valence-electron chi connectivity index (χ2n) is 11.5. The van der Waals surface area contributed by atoms with Crippen molar-refractivity contribution in [3.05, 3.63) is 60.0 Å². The van der Waals surface area contributed by atoms with E-state index in [4.69, 9.17) is 19.2 Å². The lowest BCUT2D eigenvalue weighted by molar-refractivity contribution is 0.149. The molecular formula is C31H39N5O5S. The molecule has 2 aromatic heterocycles. The number of anilines is 1. The van der Waals surface area contributed by atoms with Crippen LogP contribution < -0.4 is 19.1 Å². The Labute approximate surface area is 248 Å². The maximum Gasteiger partial charge on any atom is 0.243 e. The van der Waals surface area contributed by atoms with Gasteiger partial charge in [0.05, 0.1) is 18.0 Å². The molecule has 3 saturated heterocycles. The Morgan fingerprint density at radius 3 is 2.33 bits per heavy atom. The van der Waals surface area contributed by atoms with Crippen molar-refractivity contribution in [2.75, 3.05) is 25.2 Å². The zero-order chi connectivity index (χ0) is 29.3. The summed E-state index contributed by atoms with van der Waals surface area (Å²) in [7, 11) is -2.13. The Morgan fingerprint density at radius 2 is 1.64 bits per heavy atom. The van der Waals surface area contributed by atoms with E-state index < -0.39 is 10.0 Å². The van der Waals surface area contributed by atoms with Gasteiger partial charge >= 0.3 is 0 Å². The summed E-state index contributed by atoms with van der Waals surface area (Å²) >= 11 is 0. The Hall–Kier alpha value is -3.44. The number of fused-ring (bicyclic) bond motifs is 2. The van der Waals surface area contributed by atoms with Gasteiger partial charge in [-0.05, 0) is 74.9 Å². The van der Waals surface area contributed by atoms with Crippen LogP contribution in [-0.4, -0.2) is 72.2 Å². The maximum absolute atomic E-state index is 13.9. The van der Waals surface area contributed by atoms with E-state index in [0.29, 0.717) is 52.2 Å². The highest BCUT2D eigenvalue weighted by Crippen LogP contribution is 2.39. The number of sulfonamides is 1. The Kier molecular flexibility index (Phi) is 8.22. The molecule has 2 unspecified atom stereocenters. The summed E-state index contributed by atoms with van der Waals surface area (Å²) in [5, 5.41) is 0. The number of pyridine rings is 1. The van der Waals surface area contributed by atoms with Crippen molar-refractivity contribution < 1.29 is 22.6 Å². The van der Waals surface area contributed by atoms with Crippen molar-refractivity contribution >= 4 is 16.0 Å². The molecule has 3 aliphatic heterocycles. The van der Waals surface area contributed by atoms with Crippen molar-refractivity contribution in [1.82, 2.24) is 19.3 Å². The van der Waals surface area contributed by atoms with Gasteiger partial charge in [0.15, 0.2) is 0 Å². The van der Waals surface area contributed by atoms with Crippen molar-refractivity contribution in [1.29, 1.82) is 0 Å². The summed E-state index contributed by atoms with van der Waals surface area (Å²) in [5.74, 6) is 2.64. The number of aromatic nitrogens is 3. The molecule has 0 radical (unpaired) electrons. The first-order valence-corrected chi connectivity index (χ1v) is 16.3. The van der Waals surface area contributed by atoms with Crippen LogP contribution in [0.5, 0.6) is 17.4 Å². The number of ether oxygens (including phenoxy) is 3. The third-order valence-electron chi connectivity index (χ3n) is 8.72. The fourth-order valence-corrected chi connectivity index (χ4v) is 8.98. The quantitative estimate of drug-likeness (QED) is 0.349. The van der Waals surface area contributed by atoms with Gasteiger partial charge in [0.2, 0.25) is 21.9 Å². The number of hydrogen-bond donors (Lipinski definition) is 0. The zero-order valence-electron chi connectivity index (χ0n) is 24.5. The number of aryl methyl sites for hydroxylation is 2. The van der Waals surface area contributed by atoms with Crippen LogP contribution in [-0.2, 0) is 10.0 Å². The van der Waals surface area contributed by atoms with Gasteiger partial charge in [-0.15, -0.1) is 0 Å². The molecule has 0 spiro atoms. The van der Waals surface area contributed by atoms with Crippen LogP contribution in [0.25, 0.3) is 0 Å². The van der Waals surface area contributed by atoms with Crippen LogP contribution in [0.1, 0.15) is 56.1 Å². The lowest BCUT2D eigenvalue weighted by atomic mass is 10.00. The molecule has 0 amide bonds. The van der Waals surface area contributed by atoms with Crippen LogP contribution >= 0.6 is 0 Å². The summed E-state index contributed by atoms with van der Waals surface area (Å²) in [6.45, 7) is 4.35. The second-order valence-corrected chi connectivity index (χ2v) is 13.4. The number of nitrogens with zero attached hydrogens (tertiary/aromatic N) is 5. The minimum Gasteiger partial charge on any atom is -0.497 e. The molecule has 42 heavy (non-hydrogen) atoms. The summed E-state index contributed by atoms with van der Waals surface area (Å²) in [4.78, 5) is 16.1. The molecule has 0 N–H and O–H groups in total. The molecule has 224 valence electrons. The van der Waals surface area contributed by atoms with Crippen LogP contribution in [0, 0.1) is 13.8 Å². The highest BCUT2D eigenvalue weighted by atomic mass is 32.2. The average molecular weight is 594 g/mol. The SMILES string of the molecule is COc1cc(C)c(S(=O)(=O)N2CCCCC2COc2ccnc(N3[C@@H]4CC[C@H]3CC(Oc3ccncc3)C4)n2)c(C)c1. The van der Waals surface area contributed by atoms with Crippen LogP contribution in [0.3, 0.4) is 0 Å². The summed E-state index contributed by atoms with van der Waals surface area (Å²) in [6.07, 6.45) is 11.9. The molecular weight excluding hydrogens is 554 g/mol. The van der Waals surface area contributed by atoms with E-state index in [9.17, 15) is 8.42 Å². The Morgan fingerprint density at radius 1 is 0.929 bits per heavy atom. The summed E-state index contributed by atoms with van der Waals surface area (Å²) in [5.41, 5.74) is 1.37. The van der Waals surface area contributed by atoms with Gasteiger partial charge in [0.25, 0.3) is 0 Å². The van der Waals surface area contributed by atoms with E-state index >= 15 is 0 Å². The third-order valence-corrected chi connectivity index (χ3v) is 11.0. The minimum absolute atomic E-state index is 0.151. The first-order valence-electron chi connectivity index (χ1n) is 14.8. The molecule has 2 bridgehead atoms. The topological polar surface area (TPSA) is 107 Å². The molecule has 3 aliphatic rings. The van der Waals surface area contributed by atoms with Gasteiger partial charge < -0.3 is 19.1 Å². The van der Waals surface area contributed by atoms with Crippen molar-refractivity contribution in [2.24, 2.45) is 0 Å². The van der Waals surface area contributed by atoms with Gasteiger partial charge in [-0.2, -0.15) is 9.29 Å². The Balaban J connectivity index is 1.14. The molecule has 0 saturated carbocycles. The molecule has 6 rings (SSSR count). The van der Waals surface area contributed by atoms with E-state index in [1.807, 2.05) is 26.0 Å². The van der Waals surface area contributed by atoms with E-state index in [-0.39, 0.29) is 18.8 Å². The molecule has 11 heteroatoms. The average Bonchev–Trinajstić information content (AvgIpc) is 3.26. The first kappa shape index (κ1) is 28.7. The fraction of sp³-hybridized carbons (Fsp3) is 0.516. The monoisotopic (exact) mass is 593 g/mol. The predicted molar refractivity (Wildman–Crippen MR) is 159 cm³/mol. The van der Waals surface area contributed by atoms with Gasteiger partial charge in [0, 0.05) is 56.1 Å². The molecule has 10 nitrogen and oxygen atoms in total. The van der Waals surface area contributed by atoms with E-state index in [1.54, 1.807) is 48.2 Å². The molecule has 5 heterocycles. The van der Waals surface area contributed by atoms with E-state index in [1.165, 1.54) is 0 Å². The number of rotatable bonds is 9. The Bertz CT molecular complexity index is 1470. The molecule has 3 fully saturated rings. The molecule has 4 atom stereocenters. The van der Waals surface area contributed by atoms with Gasteiger partial charge in [-0.25, -0.2) is 13.4 Å². The minimum atomic E-state index is -3.72. The lowest BCUT2D eigenvalue weighted by Gasteiger charge is -2.39. The number of methoxy groups -OCH3 is 1. The zero-order valence-corrected chi connectivity index (χ0v) is 25.3. The number of piperidine rings is 2. The van der Waals surface area contributed by atoms with Gasteiger partial charge in [0.1, 0.15) is 24.2 Å². The van der Waals surface area contributed by atoms with Gasteiger partial charge in [-0.3, -0.25) is 4.98 Å². The van der Waals surface area contributed by atoms with E-state index in [0.717, 1.165) is 50.7 Å². The smallest absolute Gasteiger partial charge is 0.243 e. The van der Waals surface area contributed by atoms with Crippen molar-refractivity contribution in [3.8, 4) is 17.4 Å². The normalized spacial score (nSPS) is 24.4. The molecule has 3 aromatic rings. The summed E-state index contributed by atoms with van der Waals surface area (Å²) in [6, 6.07) is 9.44. The second kappa shape index (κ2) is 12.0. The maximum atomic E-state index is 13.9. The highest BCUT2D eigenvalue weighted by Gasteiger charge is 2.43. The number of hydrogen-bond acceptors (Lipinski definition) is 9. The molecule has 0 aliphatic carbocycles. The van der Waals surface area contributed by atoms with Crippen LogP contribution in [0.2, 0.25) is 0 Å². The third kappa shape index (κ3) is 5.76. The fourth-order valence-electron chi connectivity index (χ4n) is 6.89. The predicted octanol–water partition coefficient (Wildman–Crippen LogP) is 4.70. The first-order chi connectivity index (χ1) is 20.3. The summed E-state index contributed by atoms with van der Waals surface area (Å²) < 4.78 is 47.2. The standard InChI is InChI=1S/C31H39N5O5S/c1-21-16-27(39-3)17-22(2)30(21)42(37,38)35-15-5-4-6-25(35)20-40-29-11-14-33-31(34-29)36-23-7-8-24(36)19-28(18-23)41-26-9-12-32-13-10-26/h9-14,16-17,23-25,28H,4-8,15,18-20H2,1-3H3/t23-,24+,25?,28?. The van der Waals surface area contributed by atoms with Crippen molar-refractivity contribution in [3.63, 3.8) is 0 Å². The largest absolute Gasteiger partial charge is 0.497 e.